The van der Waals surface area contributed by atoms with E-state index in [0.29, 0.717) is 32.8 Å². The minimum absolute atomic E-state index is 0.00261. The molecule has 32 heavy (non-hydrogen) atoms. The molecule has 0 saturated carbocycles. The number of hydrogen-bond acceptors (Lipinski definition) is 5. The molecule has 8 heteroatoms. The van der Waals surface area contributed by atoms with Gasteiger partial charge in [0.25, 0.3) is 0 Å². The molecule has 2 atom stereocenters. The predicted molar refractivity (Wildman–Crippen MR) is 129 cm³/mol. The molecule has 2 amide bonds. The first-order valence-electron chi connectivity index (χ1n) is 11.3. The highest BCUT2D eigenvalue weighted by atomic mass is 35.5. The van der Waals surface area contributed by atoms with Gasteiger partial charge in [0.2, 0.25) is 0 Å². The van der Waals surface area contributed by atoms with E-state index in [1.54, 1.807) is 0 Å². The number of amides is 2. The number of benzene rings is 1. The number of ether oxygens (including phenoxy) is 1. The van der Waals surface area contributed by atoms with Crippen LogP contribution in [0.1, 0.15) is 13.3 Å². The zero-order valence-corrected chi connectivity index (χ0v) is 19.7. The van der Waals surface area contributed by atoms with Crippen molar-refractivity contribution in [1.29, 1.82) is 0 Å². The van der Waals surface area contributed by atoms with Crippen molar-refractivity contribution in [3.63, 3.8) is 0 Å². The van der Waals surface area contributed by atoms with Gasteiger partial charge in [0.05, 0.1) is 35.8 Å². The smallest absolute Gasteiger partial charge is 0.321 e. The summed E-state index contributed by atoms with van der Waals surface area (Å²) in [6.45, 7) is 7.11. The minimum Gasteiger partial charge on any atom is -0.378 e. The molecule has 1 aromatic carbocycles. The third-order valence-electron chi connectivity index (χ3n) is 7.08. The third-order valence-corrected chi connectivity index (χ3v) is 8.95. The standard InChI is InChI=1S/C24H27ClN4O2S/c1-16-6-7-17-18-14-27(20-5-3-2-4-19(20)25)15-21-28(23(18)32-22(16)17)8-9-29(21)24(30)26-10-12-31-13-11-26/h2-6,14,21,23H,7-13,15H2,1H3. The van der Waals surface area contributed by atoms with Crippen molar-refractivity contribution in [2.75, 3.05) is 50.8 Å². The Hall–Kier alpha value is -1.93. The summed E-state index contributed by atoms with van der Waals surface area (Å²) in [6.07, 6.45) is 5.61. The van der Waals surface area contributed by atoms with Gasteiger partial charge in [-0.3, -0.25) is 4.90 Å². The van der Waals surface area contributed by atoms with Gasteiger partial charge in [-0.05, 0) is 36.6 Å². The molecule has 0 radical (unpaired) electrons. The van der Waals surface area contributed by atoms with Crippen LogP contribution in [0.15, 0.2) is 58.2 Å². The van der Waals surface area contributed by atoms with Crippen LogP contribution in [0.2, 0.25) is 5.02 Å². The van der Waals surface area contributed by atoms with Crippen LogP contribution in [0.25, 0.3) is 0 Å². The van der Waals surface area contributed by atoms with E-state index in [1.165, 1.54) is 21.6 Å². The van der Waals surface area contributed by atoms with Gasteiger partial charge < -0.3 is 19.4 Å². The van der Waals surface area contributed by atoms with Gasteiger partial charge in [-0.1, -0.05) is 29.8 Å². The number of anilines is 1. The number of halogens is 1. The van der Waals surface area contributed by atoms with Crippen LogP contribution < -0.4 is 4.90 Å². The van der Waals surface area contributed by atoms with Crippen molar-refractivity contribution in [1.82, 2.24) is 14.7 Å². The number of para-hydroxylation sites is 1. The highest BCUT2D eigenvalue weighted by Crippen LogP contribution is 2.53. The second kappa shape index (κ2) is 8.13. The van der Waals surface area contributed by atoms with Crippen LogP contribution >= 0.6 is 23.4 Å². The summed E-state index contributed by atoms with van der Waals surface area (Å²) in [5.41, 5.74) is 5.17. The van der Waals surface area contributed by atoms with Gasteiger partial charge in [-0.2, -0.15) is 0 Å². The van der Waals surface area contributed by atoms with Gasteiger partial charge in [0.15, 0.2) is 0 Å². The highest BCUT2D eigenvalue weighted by Gasteiger charge is 2.48. The molecule has 0 bridgehead atoms. The number of morpholine rings is 1. The quantitative estimate of drug-likeness (QED) is 0.617. The second-order valence-corrected chi connectivity index (χ2v) is 10.3. The van der Waals surface area contributed by atoms with Crippen LogP contribution in [0.5, 0.6) is 0 Å². The van der Waals surface area contributed by atoms with Crippen molar-refractivity contribution >= 4 is 35.1 Å². The van der Waals surface area contributed by atoms with Gasteiger partial charge in [0, 0.05) is 42.9 Å². The van der Waals surface area contributed by atoms with E-state index in [4.69, 9.17) is 16.3 Å². The minimum atomic E-state index is -0.00261. The lowest BCUT2D eigenvalue weighted by molar-refractivity contribution is 0.0382. The molecule has 1 aromatic rings. The van der Waals surface area contributed by atoms with E-state index < -0.39 is 0 Å². The Bertz CT molecular complexity index is 1050. The number of thioether (sulfide) groups is 1. The Kier molecular flexibility index (Phi) is 5.25. The van der Waals surface area contributed by atoms with Crippen LogP contribution in [0.3, 0.4) is 0 Å². The zero-order valence-electron chi connectivity index (χ0n) is 18.2. The predicted octanol–water partition coefficient (Wildman–Crippen LogP) is 4.12. The molecule has 0 spiro atoms. The Morgan fingerprint density at radius 3 is 2.78 bits per heavy atom. The first kappa shape index (κ1) is 20.7. The first-order chi connectivity index (χ1) is 15.6. The van der Waals surface area contributed by atoms with Gasteiger partial charge in [-0.25, -0.2) is 4.79 Å². The van der Waals surface area contributed by atoms with Gasteiger partial charge >= 0.3 is 6.03 Å². The molecule has 2 unspecified atom stereocenters. The Morgan fingerprint density at radius 2 is 1.97 bits per heavy atom. The maximum Gasteiger partial charge on any atom is 0.321 e. The lowest BCUT2D eigenvalue weighted by atomic mass is 10.1. The van der Waals surface area contributed by atoms with Crippen molar-refractivity contribution < 1.29 is 9.53 Å². The lowest BCUT2D eigenvalue weighted by Crippen LogP contribution is -2.54. The van der Waals surface area contributed by atoms with E-state index in [-0.39, 0.29) is 17.6 Å². The van der Waals surface area contributed by atoms with Crippen molar-refractivity contribution in [2.24, 2.45) is 0 Å². The monoisotopic (exact) mass is 470 g/mol. The van der Waals surface area contributed by atoms with Crippen LogP contribution in [-0.2, 0) is 4.74 Å². The highest BCUT2D eigenvalue weighted by molar-refractivity contribution is 8.04. The second-order valence-electron chi connectivity index (χ2n) is 8.85. The maximum atomic E-state index is 13.5. The van der Waals surface area contributed by atoms with Crippen LogP contribution in [0, 0.1) is 0 Å². The molecule has 6 rings (SSSR count). The Morgan fingerprint density at radius 1 is 1.16 bits per heavy atom. The van der Waals surface area contributed by atoms with Crippen molar-refractivity contribution in [2.45, 2.75) is 24.9 Å². The molecule has 0 N–H and O–H groups in total. The average Bonchev–Trinajstić information content (AvgIpc) is 3.46. The summed E-state index contributed by atoms with van der Waals surface area (Å²) in [5.74, 6) is 0. The zero-order chi connectivity index (χ0) is 21.8. The van der Waals surface area contributed by atoms with E-state index in [2.05, 4.69) is 40.0 Å². The summed E-state index contributed by atoms with van der Waals surface area (Å²) in [6, 6.07) is 8.13. The number of rotatable bonds is 1. The van der Waals surface area contributed by atoms with Crippen LogP contribution in [-0.4, -0.2) is 78.2 Å². The number of allylic oxidation sites excluding steroid dienone is 2. The normalized spacial score (nSPS) is 27.8. The summed E-state index contributed by atoms with van der Waals surface area (Å²) in [4.78, 5) is 23.7. The molecular formula is C24H27ClN4O2S. The Balaban J connectivity index is 1.38. The number of urea groups is 1. The number of nitrogens with zero attached hydrogens (tertiary/aromatic N) is 4. The van der Waals surface area contributed by atoms with Gasteiger partial charge in [0.1, 0.15) is 6.17 Å². The fourth-order valence-corrected chi connectivity index (χ4v) is 7.18. The number of carbonyl (C=O) groups is 1. The molecular weight excluding hydrogens is 444 g/mol. The molecule has 168 valence electrons. The van der Waals surface area contributed by atoms with E-state index in [0.717, 1.165) is 30.2 Å². The molecule has 2 saturated heterocycles. The number of hydrogen-bond donors (Lipinski definition) is 0. The fourth-order valence-electron chi connectivity index (χ4n) is 5.39. The summed E-state index contributed by atoms with van der Waals surface area (Å²) >= 11 is 8.59. The number of fused-ring (bicyclic) bond motifs is 4. The Labute approximate surface area is 198 Å². The topological polar surface area (TPSA) is 39.3 Å². The SMILES string of the molecule is CC1=CCC2=C1SC1C2=CN(c2ccccc2Cl)CC2N(C(=O)N3CCOCC3)CCN12. The van der Waals surface area contributed by atoms with E-state index >= 15 is 0 Å². The summed E-state index contributed by atoms with van der Waals surface area (Å²) < 4.78 is 5.47. The summed E-state index contributed by atoms with van der Waals surface area (Å²) in [7, 11) is 0. The molecule has 4 aliphatic heterocycles. The molecule has 0 aromatic heterocycles. The van der Waals surface area contributed by atoms with Crippen molar-refractivity contribution in [3.8, 4) is 0 Å². The average molecular weight is 471 g/mol. The van der Waals surface area contributed by atoms with E-state index in [9.17, 15) is 4.79 Å². The van der Waals surface area contributed by atoms with Gasteiger partial charge in [-0.15, -0.1) is 11.8 Å². The molecule has 6 nitrogen and oxygen atoms in total. The lowest BCUT2D eigenvalue weighted by Gasteiger charge is -2.37. The molecule has 5 aliphatic rings. The molecule has 4 heterocycles. The van der Waals surface area contributed by atoms with Crippen LogP contribution in [0.4, 0.5) is 10.5 Å². The molecule has 2 fully saturated rings. The first-order valence-corrected chi connectivity index (χ1v) is 12.6. The maximum absolute atomic E-state index is 13.5. The largest absolute Gasteiger partial charge is 0.378 e. The third kappa shape index (κ3) is 3.29. The number of carbonyl (C=O) groups excluding carboxylic acids is 1. The van der Waals surface area contributed by atoms with Crippen molar-refractivity contribution in [3.05, 3.63) is 63.2 Å². The molecule has 1 aliphatic carbocycles. The fraction of sp³-hybridized carbons (Fsp3) is 0.458. The summed E-state index contributed by atoms with van der Waals surface area (Å²) in [5, 5.41) is 0.975. The van der Waals surface area contributed by atoms with E-state index in [1.807, 2.05) is 34.9 Å².